The Morgan fingerprint density at radius 3 is 2.18 bits per heavy atom. The molecule has 0 saturated heterocycles. The van der Waals surface area contributed by atoms with E-state index in [0.717, 1.165) is 0 Å². The van der Waals surface area contributed by atoms with Crippen molar-refractivity contribution in [3.63, 3.8) is 0 Å². The van der Waals surface area contributed by atoms with Crippen molar-refractivity contribution < 1.29 is 23.5 Å². The van der Waals surface area contributed by atoms with E-state index in [2.05, 4.69) is 4.98 Å². The number of ether oxygens (including phenoxy) is 2. The number of nitrogens with zero attached hydrogens (tertiary/aromatic N) is 1. The molecule has 1 aromatic carbocycles. The lowest BCUT2D eigenvalue weighted by Crippen LogP contribution is -2.16. The van der Waals surface area contributed by atoms with Crippen LogP contribution in [0.5, 0.6) is 5.75 Å². The first-order valence-electron chi connectivity index (χ1n) is 6.61. The zero-order chi connectivity index (χ0) is 16.1. The van der Waals surface area contributed by atoms with Gasteiger partial charge in [-0.15, -0.1) is 0 Å². The zero-order valence-electron chi connectivity index (χ0n) is 12.1. The third kappa shape index (κ3) is 4.12. The summed E-state index contributed by atoms with van der Waals surface area (Å²) in [5.41, 5.74) is -0.0233. The Labute approximate surface area is 126 Å². The quantitative estimate of drug-likeness (QED) is 0.641. The predicted octanol–water partition coefficient (Wildman–Crippen LogP) is 3.01. The van der Waals surface area contributed by atoms with Crippen molar-refractivity contribution >= 4 is 11.9 Å². The summed E-state index contributed by atoms with van der Waals surface area (Å²) in [5.74, 6) is -1.61. The van der Waals surface area contributed by atoms with Gasteiger partial charge in [-0.05, 0) is 50.2 Å². The molecule has 0 aliphatic rings. The van der Waals surface area contributed by atoms with Gasteiger partial charge in [0.05, 0.1) is 6.10 Å². The number of carbonyl (C=O) groups is 2. The lowest BCUT2D eigenvalue weighted by Gasteiger charge is -2.08. The van der Waals surface area contributed by atoms with E-state index < -0.39 is 17.8 Å². The van der Waals surface area contributed by atoms with E-state index in [1.807, 2.05) is 0 Å². The SMILES string of the molecule is CC(C)OC(=O)c1cccc(C(=O)Oc2ccc(F)cc2)n1. The van der Waals surface area contributed by atoms with Crippen LogP contribution in [0.15, 0.2) is 42.5 Å². The maximum Gasteiger partial charge on any atom is 0.362 e. The summed E-state index contributed by atoms with van der Waals surface area (Å²) in [4.78, 5) is 27.6. The third-order valence-corrected chi connectivity index (χ3v) is 2.53. The van der Waals surface area contributed by atoms with Gasteiger partial charge >= 0.3 is 11.9 Å². The molecule has 114 valence electrons. The highest BCUT2D eigenvalue weighted by Crippen LogP contribution is 2.13. The molecule has 22 heavy (non-hydrogen) atoms. The lowest BCUT2D eigenvalue weighted by molar-refractivity contribution is 0.0370. The topological polar surface area (TPSA) is 65.5 Å². The number of hydrogen-bond acceptors (Lipinski definition) is 5. The summed E-state index contributed by atoms with van der Waals surface area (Å²) in [7, 11) is 0. The molecule has 1 heterocycles. The molecule has 5 nitrogen and oxygen atoms in total. The van der Waals surface area contributed by atoms with Gasteiger partial charge in [0, 0.05) is 0 Å². The van der Waals surface area contributed by atoms with Crippen molar-refractivity contribution in [1.82, 2.24) is 4.98 Å². The van der Waals surface area contributed by atoms with Gasteiger partial charge in [-0.1, -0.05) is 6.07 Å². The number of halogens is 1. The second kappa shape index (κ2) is 6.80. The first-order valence-corrected chi connectivity index (χ1v) is 6.61. The summed E-state index contributed by atoms with van der Waals surface area (Å²) in [6.45, 7) is 3.43. The highest BCUT2D eigenvalue weighted by atomic mass is 19.1. The van der Waals surface area contributed by atoms with Gasteiger partial charge in [-0.2, -0.15) is 0 Å². The maximum absolute atomic E-state index is 12.8. The van der Waals surface area contributed by atoms with Crippen LogP contribution in [-0.2, 0) is 4.74 Å². The molecule has 0 unspecified atom stereocenters. The van der Waals surface area contributed by atoms with Gasteiger partial charge in [-0.25, -0.2) is 19.0 Å². The smallest absolute Gasteiger partial charge is 0.362 e. The number of pyridine rings is 1. The van der Waals surface area contributed by atoms with Gasteiger partial charge in [0.2, 0.25) is 0 Å². The molecule has 0 N–H and O–H groups in total. The fourth-order valence-electron chi connectivity index (χ4n) is 1.60. The van der Waals surface area contributed by atoms with Gasteiger partial charge in [0.15, 0.2) is 0 Å². The maximum atomic E-state index is 12.8. The number of carbonyl (C=O) groups excluding carboxylic acids is 2. The van der Waals surface area contributed by atoms with E-state index >= 15 is 0 Å². The summed E-state index contributed by atoms with van der Waals surface area (Å²) < 4.78 is 22.8. The summed E-state index contributed by atoms with van der Waals surface area (Å²) in [6, 6.07) is 9.36. The molecule has 0 radical (unpaired) electrons. The van der Waals surface area contributed by atoms with Crippen LogP contribution in [0, 0.1) is 5.82 Å². The van der Waals surface area contributed by atoms with Crippen LogP contribution in [-0.4, -0.2) is 23.0 Å². The van der Waals surface area contributed by atoms with Crippen LogP contribution in [0.2, 0.25) is 0 Å². The molecule has 0 fully saturated rings. The highest BCUT2D eigenvalue weighted by Gasteiger charge is 2.16. The normalized spacial score (nSPS) is 10.4. The molecular weight excluding hydrogens is 289 g/mol. The van der Waals surface area contributed by atoms with Gasteiger partial charge < -0.3 is 9.47 Å². The first kappa shape index (κ1) is 15.6. The highest BCUT2D eigenvalue weighted by molar-refractivity contribution is 5.92. The molecule has 0 amide bonds. The predicted molar refractivity (Wildman–Crippen MR) is 76.1 cm³/mol. The molecule has 2 rings (SSSR count). The number of hydrogen-bond donors (Lipinski definition) is 0. The fraction of sp³-hybridized carbons (Fsp3) is 0.188. The Kier molecular flexibility index (Phi) is 4.83. The first-order chi connectivity index (χ1) is 10.5. The zero-order valence-corrected chi connectivity index (χ0v) is 12.1. The van der Waals surface area contributed by atoms with Gasteiger partial charge in [0.25, 0.3) is 0 Å². The summed E-state index contributed by atoms with van der Waals surface area (Å²) in [5, 5.41) is 0. The monoisotopic (exact) mass is 303 g/mol. The minimum absolute atomic E-state index is 0.0160. The Balaban J connectivity index is 2.13. The van der Waals surface area contributed by atoms with Crippen molar-refractivity contribution in [2.45, 2.75) is 20.0 Å². The number of benzene rings is 1. The fourth-order valence-corrected chi connectivity index (χ4v) is 1.60. The van der Waals surface area contributed by atoms with Crippen LogP contribution in [0.4, 0.5) is 4.39 Å². The molecule has 0 bridgehead atoms. The summed E-state index contributed by atoms with van der Waals surface area (Å²) >= 11 is 0. The van der Waals surface area contributed by atoms with Gasteiger partial charge in [0.1, 0.15) is 23.0 Å². The molecule has 0 aliphatic carbocycles. The largest absolute Gasteiger partial charge is 0.458 e. The molecule has 0 atom stereocenters. The summed E-state index contributed by atoms with van der Waals surface area (Å²) in [6.07, 6.45) is -0.288. The van der Waals surface area contributed by atoms with Crippen molar-refractivity contribution in [1.29, 1.82) is 0 Å². The van der Waals surface area contributed by atoms with E-state index in [-0.39, 0.29) is 23.2 Å². The molecular formula is C16H14FNO4. The van der Waals surface area contributed by atoms with E-state index in [4.69, 9.17) is 9.47 Å². The van der Waals surface area contributed by atoms with E-state index in [1.165, 1.54) is 42.5 Å². The molecule has 0 saturated carbocycles. The number of aromatic nitrogens is 1. The Morgan fingerprint density at radius 2 is 1.59 bits per heavy atom. The van der Waals surface area contributed by atoms with Crippen LogP contribution in [0.25, 0.3) is 0 Å². The Hall–Kier alpha value is -2.76. The Bertz CT molecular complexity index is 683. The average Bonchev–Trinajstić information content (AvgIpc) is 2.49. The minimum Gasteiger partial charge on any atom is -0.458 e. The Morgan fingerprint density at radius 1 is 1.00 bits per heavy atom. The second-order valence-corrected chi connectivity index (χ2v) is 4.71. The van der Waals surface area contributed by atoms with Crippen LogP contribution >= 0.6 is 0 Å². The second-order valence-electron chi connectivity index (χ2n) is 4.71. The molecule has 1 aromatic heterocycles. The average molecular weight is 303 g/mol. The van der Waals surface area contributed by atoms with Crippen LogP contribution in [0.3, 0.4) is 0 Å². The molecule has 0 aliphatic heterocycles. The van der Waals surface area contributed by atoms with E-state index in [9.17, 15) is 14.0 Å². The standard InChI is InChI=1S/C16H14FNO4/c1-10(2)21-15(19)13-4-3-5-14(18-13)16(20)22-12-8-6-11(17)7-9-12/h3-10H,1-2H3. The van der Waals surface area contributed by atoms with Crippen molar-refractivity contribution in [2.75, 3.05) is 0 Å². The van der Waals surface area contributed by atoms with E-state index in [1.54, 1.807) is 13.8 Å². The molecule has 6 heteroatoms. The van der Waals surface area contributed by atoms with Crippen molar-refractivity contribution in [3.8, 4) is 5.75 Å². The number of esters is 2. The van der Waals surface area contributed by atoms with Crippen molar-refractivity contribution in [2.24, 2.45) is 0 Å². The molecule has 0 spiro atoms. The third-order valence-electron chi connectivity index (χ3n) is 2.53. The lowest BCUT2D eigenvalue weighted by atomic mass is 10.3. The minimum atomic E-state index is -0.745. The number of rotatable bonds is 4. The van der Waals surface area contributed by atoms with Crippen molar-refractivity contribution in [3.05, 3.63) is 59.7 Å². The van der Waals surface area contributed by atoms with Crippen LogP contribution < -0.4 is 4.74 Å². The van der Waals surface area contributed by atoms with Crippen LogP contribution in [0.1, 0.15) is 34.8 Å². The van der Waals surface area contributed by atoms with E-state index in [0.29, 0.717) is 0 Å². The van der Waals surface area contributed by atoms with Gasteiger partial charge in [-0.3, -0.25) is 0 Å². The molecule has 2 aromatic rings.